The van der Waals surface area contributed by atoms with Gasteiger partial charge in [0.2, 0.25) is 5.13 Å². The second-order valence-corrected chi connectivity index (χ2v) is 10.3. The zero-order valence-corrected chi connectivity index (χ0v) is 18.1. The lowest BCUT2D eigenvalue weighted by molar-refractivity contribution is 0.140. The first-order valence-electron chi connectivity index (χ1n) is 9.93. The average Bonchev–Trinajstić information content (AvgIpc) is 2.92. The number of rotatable bonds is 5. The summed E-state index contributed by atoms with van der Waals surface area (Å²) >= 11 is 1.55. The van der Waals surface area contributed by atoms with Crippen molar-refractivity contribution in [2.45, 2.75) is 77.0 Å². The molecule has 2 aliphatic rings. The molecule has 0 radical (unpaired) electrons. The number of nitrogens with zero attached hydrogens (tertiary/aromatic N) is 4. The van der Waals surface area contributed by atoms with Gasteiger partial charge in [-0.15, -0.1) is 0 Å². The summed E-state index contributed by atoms with van der Waals surface area (Å²) in [7, 11) is 2.18. The quantitative estimate of drug-likeness (QED) is 0.816. The number of aromatic nitrogens is 2. The molecule has 2 aliphatic heterocycles. The Morgan fingerprint density at radius 3 is 2.38 bits per heavy atom. The molecule has 1 unspecified atom stereocenters. The number of nitrogens with one attached hydrogen (secondary N) is 2. The van der Waals surface area contributed by atoms with Gasteiger partial charge in [-0.05, 0) is 54.5 Å². The molecule has 148 valence electrons. The van der Waals surface area contributed by atoms with Gasteiger partial charge in [0.25, 0.3) is 0 Å². The molecule has 26 heavy (non-hydrogen) atoms. The van der Waals surface area contributed by atoms with Gasteiger partial charge in [0.05, 0.1) is 0 Å². The zero-order chi connectivity index (χ0) is 18.9. The van der Waals surface area contributed by atoms with Crippen LogP contribution in [0.5, 0.6) is 0 Å². The van der Waals surface area contributed by atoms with Gasteiger partial charge < -0.3 is 20.4 Å². The Morgan fingerprint density at radius 2 is 1.77 bits per heavy atom. The molecular weight excluding hydrogens is 344 g/mol. The average molecular weight is 381 g/mol. The van der Waals surface area contributed by atoms with E-state index in [-0.39, 0.29) is 11.1 Å². The monoisotopic (exact) mass is 380 g/mol. The number of piperazine rings is 1. The van der Waals surface area contributed by atoms with Crippen LogP contribution < -0.4 is 15.5 Å². The van der Waals surface area contributed by atoms with Crippen molar-refractivity contribution in [1.82, 2.24) is 24.9 Å². The Kier molecular flexibility index (Phi) is 5.92. The summed E-state index contributed by atoms with van der Waals surface area (Å²) < 4.78 is 4.62. The standard InChI is InChI=1S/C19H36N6S/c1-14(20-15-12-18(2,3)23-19(4,5)13-15)11-16-21-17(26-22-16)25-9-7-24(6)8-10-25/h14-15,20,23H,7-13H2,1-6H3. The van der Waals surface area contributed by atoms with Crippen molar-refractivity contribution in [3.05, 3.63) is 5.82 Å². The van der Waals surface area contributed by atoms with Crippen LogP contribution in [0.1, 0.15) is 53.3 Å². The summed E-state index contributed by atoms with van der Waals surface area (Å²) in [5, 5.41) is 8.68. The van der Waals surface area contributed by atoms with E-state index in [0.717, 1.165) is 56.4 Å². The molecule has 2 fully saturated rings. The molecule has 7 heteroatoms. The third kappa shape index (κ3) is 5.38. The summed E-state index contributed by atoms with van der Waals surface area (Å²) in [4.78, 5) is 9.55. The van der Waals surface area contributed by atoms with E-state index >= 15 is 0 Å². The van der Waals surface area contributed by atoms with E-state index in [1.165, 1.54) is 0 Å². The molecule has 1 atom stereocenters. The minimum Gasteiger partial charge on any atom is -0.344 e. The smallest absolute Gasteiger partial charge is 0.205 e. The van der Waals surface area contributed by atoms with Crippen LogP contribution in [-0.4, -0.2) is 70.6 Å². The fourth-order valence-electron chi connectivity index (χ4n) is 4.63. The maximum atomic E-state index is 4.81. The maximum absolute atomic E-state index is 4.81. The Morgan fingerprint density at radius 1 is 1.15 bits per heavy atom. The van der Waals surface area contributed by atoms with E-state index in [4.69, 9.17) is 4.98 Å². The normalized spacial score (nSPS) is 25.4. The van der Waals surface area contributed by atoms with Crippen LogP contribution in [0.2, 0.25) is 0 Å². The van der Waals surface area contributed by atoms with E-state index in [2.05, 4.69) is 66.5 Å². The highest BCUT2D eigenvalue weighted by Gasteiger charge is 2.37. The first kappa shape index (κ1) is 20.0. The minimum atomic E-state index is 0.173. The second-order valence-electron chi connectivity index (χ2n) is 9.55. The molecule has 2 saturated heterocycles. The number of anilines is 1. The van der Waals surface area contributed by atoms with E-state index in [1.807, 2.05) is 0 Å². The lowest BCUT2D eigenvalue weighted by Crippen LogP contribution is -2.62. The SMILES string of the molecule is CC(Cc1nsc(N2CCN(C)CC2)n1)NC1CC(C)(C)NC(C)(C)C1. The van der Waals surface area contributed by atoms with Gasteiger partial charge in [-0.1, -0.05) is 0 Å². The molecule has 0 saturated carbocycles. The number of hydrogen-bond acceptors (Lipinski definition) is 7. The Bertz CT molecular complexity index is 575. The Balaban J connectivity index is 1.53. The first-order valence-corrected chi connectivity index (χ1v) is 10.7. The van der Waals surface area contributed by atoms with Crippen LogP contribution in [-0.2, 0) is 6.42 Å². The van der Waals surface area contributed by atoms with Crippen LogP contribution >= 0.6 is 11.5 Å². The van der Waals surface area contributed by atoms with Crippen LogP contribution in [0.15, 0.2) is 0 Å². The fraction of sp³-hybridized carbons (Fsp3) is 0.895. The number of likely N-dealkylation sites (N-methyl/N-ethyl adjacent to an activating group) is 1. The van der Waals surface area contributed by atoms with Gasteiger partial charge in [-0.2, -0.15) is 4.37 Å². The molecule has 2 N–H and O–H groups in total. The highest BCUT2D eigenvalue weighted by Crippen LogP contribution is 2.29. The highest BCUT2D eigenvalue weighted by atomic mass is 32.1. The third-order valence-electron chi connectivity index (χ3n) is 5.43. The predicted octanol–water partition coefficient (Wildman–Crippen LogP) is 2.12. The summed E-state index contributed by atoms with van der Waals surface area (Å²) in [6.07, 6.45) is 3.20. The van der Waals surface area contributed by atoms with Gasteiger partial charge in [-0.25, -0.2) is 4.98 Å². The Hall–Kier alpha value is -0.760. The van der Waals surface area contributed by atoms with E-state index in [0.29, 0.717) is 12.1 Å². The minimum absolute atomic E-state index is 0.173. The third-order valence-corrected chi connectivity index (χ3v) is 6.25. The molecule has 3 heterocycles. The molecule has 1 aromatic heterocycles. The molecule has 1 aromatic rings. The second kappa shape index (κ2) is 7.70. The lowest BCUT2D eigenvalue weighted by atomic mass is 9.79. The van der Waals surface area contributed by atoms with Gasteiger partial charge in [0, 0.05) is 67.3 Å². The summed E-state index contributed by atoms with van der Waals surface area (Å²) in [5.74, 6) is 0.983. The van der Waals surface area contributed by atoms with E-state index in [9.17, 15) is 0 Å². The lowest BCUT2D eigenvalue weighted by Gasteiger charge is -2.47. The van der Waals surface area contributed by atoms with Crippen molar-refractivity contribution in [3.63, 3.8) is 0 Å². The van der Waals surface area contributed by atoms with Crippen molar-refractivity contribution in [2.75, 3.05) is 38.1 Å². The van der Waals surface area contributed by atoms with Gasteiger partial charge in [0.1, 0.15) is 5.82 Å². The van der Waals surface area contributed by atoms with Crippen molar-refractivity contribution in [3.8, 4) is 0 Å². The van der Waals surface area contributed by atoms with Crippen molar-refractivity contribution in [2.24, 2.45) is 0 Å². The van der Waals surface area contributed by atoms with Gasteiger partial charge in [-0.3, -0.25) is 0 Å². The Labute approximate surface area is 162 Å². The van der Waals surface area contributed by atoms with Crippen LogP contribution in [0.4, 0.5) is 5.13 Å². The number of hydrogen-bond donors (Lipinski definition) is 2. The zero-order valence-electron chi connectivity index (χ0n) is 17.3. The topological polar surface area (TPSA) is 56.3 Å². The number of piperidine rings is 1. The van der Waals surface area contributed by atoms with Crippen LogP contribution in [0.25, 0.3) is 0 Å². The van der Waals surface area contributed by atoms with Crippen molar-refractivity contribution in [1.29, 1.82) is 0 Å². The first-order chi connectivity index (χ1) is 12.1. The molecular formula is C19H36N6S. The molecule has 0 spiro atoms. The van der Waals surface area contributed by atoms with Gasteiger partial charge >= 0.3 is 0 Å². The molecule has 0 bridgehead atoms. The van der Waals surface area contributed by atoms with E-state index < -0.39 is 0 Å². The molecule has 3 rings (SSSR count). The largest absolute Gasteiger partial charge is 0.344 e. The molecule has 0 aliphatic carbocycles. The summed E-state index contributed by atoms with van der Waals surface area (Å²) in [6.45, 7) is 15.8. The highest BCUT2D eigenvalue weighted by molar-refractivity contribution is 7.09. The molecule has 0 aromatic carbocycles. The molecule has 0 amide bonds. The summed E-state index contributed by atoms with van der Waals surface area (Å²) in [6, 6.07) is 0.923. The van der Waals surface area contributed by atoms with E-state index in [1.54, 1.807) is 11.5 Å². The fourth-order valence-corrected chi connectivity index (χ4v) is 5.38. The maximum Gasteiger partial charge on any atom is 0.205 e. The van der Waals surface area contributed by atoms with Crippen molar-refractivity contribution >= 4 is 16.7 Å². The predicted molar refractivity (Wildman–Crippen MR) is 110 cm³/mol. The molecule has 6 nitrogen and oxygen atoms in total. The van der Waals surface area contributed by atoms with Crippen molar-refractivity contribution < 1.29 is 0 Å². The summed E-state index contributed by atoms with van der Waals surface area (Å²) in [5.41, 5.74) is 0.346. The van der Waals surface area contributed by atoms with Crippen LogP contribution in [0, 0.1) is 0 Å². The van der Waals surface area contributed by atoms with Crippen LogP contribution in [0.3, 0.4) is 0 Å². The van der Waals surface area contributed by atoms with Gasteiger partial charge in [0.15, 0.2) is 0 Å².